The molecule has 0 fully saturated rings. The van der Waals surface area contributed by atoms with Crippen molar-refractivity contribution < 1.29 is 0 Å². The van der Waals surface area contributed by atoms with Gasteiger partial charge in [-0.15, -0.1) is 0 Å². The third-order valence-electron chi connectivity index (χ3n) is 5.37. The third kappa shape index (κ3) is 3.39. The van der Waals surface area contributed by atoms with Gasteiger partial charge in [-0.3, -0.25) is 0 Å². The van der Waals surface area contributed by atoms with Crippen LogP contribution in [-0.2, 0) is 0 Å². The number of aromatic nitrogens is 5. The van der Waals surface area contributed by atoms with E-state index in [1.54, 1.807) is 12.3 Å². The average Bonchev–Trinajstić information content (AvgIpc) is 3.45. The van der Waals surface area contributed by atoms with Gasteiger partial charge in [-0.25, -0.2) is 14.6 Å². The van der Waals surface area contributed by atoms with Gasteiger partial charge < -0.3 is 4.57 Å². The van der Waals surface area contributed by atoms with Crippen LogP contribution in [0.5, 0.6) is 0 Å². The van der Waals surface area contributed by atoms with Crippen LogP contribution in [0, 0.1) is 11.3 Å². The van der Waals surface area contributed by atoms with Crippen molar-refractivity contribution in [2.75, 3.05) is 0 Å². The van der Waals surface area contributed by atoms with Crippen LogP contribution in [0.2, 0.25) is 0 Å². The van der Waals surface area contributed by atoms with Gasteiger partial charge in [0.05, 0.1) is 40.0 Å². The molecule has 7 heteroatoms. The number of rotatable bonds is 4. The maximum absolute atomic E-state index is 9.25. The summed E-state index contributed by atoms with van der Waals surface area (Å²) in [6, 6.07) is 19.9. The lowest BCUT2D eigenvalue weighted by Gasteiger charge is -2.07. The minimum Gasteiger partial charge on any atom is -0.305 e. The zero-order chi connectivity index (χ0) is 22.2. The van der Waals surface area contributed by atoms with Crippen LogP contribution in [-0.4, -0.2) is 24.3 Å². The fourth-order valence-electron chi connectivity index (χ4n) is 3.79. The molecule has 0 aliphatic rings. The molecule has 6 nitrogen and oxygen atoms in total. The van der Waals surface area contributed by atoms with E-state index in [0.717, 1.165) is 43.8 Å². The van der Waals surface area contributed by atoms with Crippen LogP contribution in [0.25, 0.3) is 33.7 Å². The van der Waals surface area contributed by atoms with E-state index in [1.807, 2.05) is 58.2 Å². The van der Waals surface area contributed by atoms with E-state index >= 15 is 0 Å². The Kier molecular flexibility index (Phi) is 5.08. The quantitative estimate of drug-likeness (QED) is 0.313. The topological polar surface area (TPSA) is 72.3 Å². The number of fused-ring (bicyclic) bond motifs is 1. The van der Waals surface area contributed by atoms with Crippen LogP contribution in [0.3, 0.4) is 0 Å². The highest BCUT2D eigenvalue weighted by Gasteiger charge is 2.20. The zero-order valence-corrected chi connectivity index (χ0v) is 19.2. The maximum Gasteiger partial charge on any atom is 0.165 e. The molecule has 5 aromatic rings. The highest BCUT2D eigenvalue weighted by molar-refractivity contribution is 9.10. The highest BCUT2D eigenvalue weighted by atomic mass is 79.9. The minimum atomic E-state index is 0.195. The number of hydrogen-bond donors (Lipinski definition) is 0. The summed E-state index contributed by atoms with van der Waals surface area (Å²) < 4.78 is 4.60. The molecule has 5 rings (SSSR count). The number of imidazole rings is 1. The molecule has 3 heterocycles. The Bertz CT molecular complexity index is 1470. The van der Waals surface area contributed by atoms with E-state index in [0.29, 0.717) is 5.56 Å². The molecule has 0 saturated heterocycles. The van der Waals surface area contributed by atoms with E-state index in [2.05, 4.69) is 57.9 Å². The second-order valence-electron chi connectivity index (χ2n) is 7.79. The molecule has 0 aliphatic carbocycles. The maximum atomic E-state index is 9.25. The first-order valence-electron chi connectivity index (χ1n) is 10.2. The van der Waals surface area contributed by atoms with Crippen molar-refractivity contribution in [3.05, 3.63) is 89.0 Å². The van der Waals surface area contributed by atoms with Crippen LogP contribution >= 0.6 is 15.9 Å². The van der Waals surface area contributed by atoms with Gasteiger partial charge in [-0.2, -0.15) is 10.4 Å². The first-order valence-corrected chi connectivity index (χ1v) is 11.0. The molecule has 0 N–H and O–H groups in total. The van der Waals surface area contributed by atoms with Gasteiger partial charge in [0.2, 0.25) is 0 Å². The molecule has 0 radical (unpaired) electrons. The Morgan fingerprint density at radius 2 is 1.84 bits per heavy atom. The third-order valence-corrected chi connectivity index (χ3v) is 6.02. The molecule has 0 aliphatic heterocycles. The smallest absolute Gasteiger partial charge is 0.165 e. The van der Waals surface area contributed by atoms with Crippen molar-refractivity contribution in [2.45, 2.75) is 19.8 Å². The molecule has 32 heavy (non-hydrogen) atoms. The second-order valence-corrected chi connectivity index (χ2v) is 8.64. The molecule has 0 atom stereocenters. The van der Waals surface area contributed by atoms with Crippen LogP contribution < -0.4 is 0 Å². The lowest BCUT2D eigenvalue weighted by molar-refractivity contribution is 0.776. The molecule has 0 unspecified atom stereocenters. The summed E-state index contributed by atoms with van der Waals surface area (Å²) in [5, 5.41) is 15.2. The van der Waals surface area contributed by atoms with E-state index in [1.165, 1.54) is 0 Å². The highest BCUT2D eigenvalue weighted by Crippen LogP contribution is 2.32. The van der Waals surface area contributed by atoms with Crippen molar-refractivity contribution in [2.24, 2.45) is 0 Å². The molecular weight excluding hydrogens is 464 g/mol. The molecule has 3 aromatic heterocycles. The van der Waals surface area contributed by atoms with Gasteiger partial charge in [-0.05, 0) is 46.1 Å². The summed E-state index contributed by atoms with van der Waals surface area (Å²) in [7, 11) is 0. The summed E-state index contributed by atoms with van der Waals surface area (Å²) >= 11 is 3.48. The number of hydrogen-bond acceptors (Lipinski definition) is 4. The van der Waals surface area contributed by atoms with Gasteiger partial charge in [0, 0.05) is 22.4 Å². The Labute approximate surface area is 193 Å². The fourth-order valence-corrected chi connectivity index (χ4v) is 4.25. The Morgan fingerprint density at radius 1 is 1.03 bits per heavy atom. The summed E-state index contributed by atoms with van der Waals surface area (Å²) in [5.74, 6) is 0.195. The summed E-state index contributed by atoms with van der Waals surface area (Å²) in [6.07, 6.45) is 5.65. The van der Waals surface area contributed by atoms with Crippen LogP contribution in [0.1, 0.15) is 31.0 Å². The first kappa shape index (κ1) is 20.2. The van der Waals surface area contributed by atoms with Gasteiger partial charge in [-0.1, -0.05) is 44.2 Å². The Balaban J connectivity index is 1.70. The van der Waals surface area contributed by atoms with Gasteiger partial charge in [0.1, 0.15) is 6.07 Å². The van der Waals surface area contributed by atoms with Crippen LogP contribution in [0.15, 0.2) is 77.8 Å². The lowest BCUT2D eigenvalue weighted by atomic mass is 10.1. The summed E-state index contributed by atoms with van der Waals surface area (Å²) in [6.45, 7) is 4.25. The lowest BCUT2D eigenvalue weighted by Crippen LogP contribution is -1.99. The average molecular weight is 483 g/mol. The van der Waals surface area contributed by atoms with Crippen molar-refractivity contribution >= 4 is 27.0 Å². The molecule has 0 spiro atoms. The molecule has 2 aromatic carbocycles. The van der Waals surface area contributed by atoms with Crippen molar-refractivity contribution in [1.29, 1.82) is 5.26 Å². The van der Waals surface area contributed by atoms with E-state index in [4.69, 9.17) is 5.10 Å². The van der Waals surface area contributed by atoms with Gasteiger partial charge >= 0.3 is 0 Å². The van der Waals surface area contributed by atoms with Crippen LogP contribution in [0.4, 0.5) is 0 Å². The first-order chi connectivity index (χ1) is 15.6. The SMILES string of the molecule is CC(C)c1nn(-c2ccc(C#N)c(Br)c2)c2nccc(-n3cnc(-c4ccccc4)c3)c12. The van der Waals surface area contributed by atoms with Gasteiger partial charge in [0.15, 0.2) is 5.65 Å². The van der Waals surface area contributed by atoms with Gasteiger partial charge in [0.25, 0.3) is 0 Å². The normalized spacial score (nSPS) is 11.2. The molecule has 0 bridgehead atoms. The molecule has 156 valence electrons. The Hall–Kier alpha value is -3.76. The second kappa shape index (κ2) is 8.06. The fraction of sp³-hybridized carbons (Fsp3) is 0.120. The van der Waals surface area contributed by atoms with Crippen molar-refractivity contribution in [3.63, 3.8) is 0 Å². The van der Waals surface area contributed by atoms with Crippen molar-refractivity contribution in [3.8, 4) is 28.7 Å². The predicted octanol–water partition coefficient (Wildman–Crippen LogP) is 6.03. The molecule has 0 amide bonds. The standard InChI is InChI=1S/C25H19BrN6/c1-16(2)24-23-22(31-14-21(29-15-31)17-6-4-3-5-7-17)10-11-28-25(23)32(30-24)19-9-8-18(13-27)20(26)12-19/h3-12,14-16H,1-2H3. The molecular formula is C25H19BrN6. The molecule has 0 saturated carbocycles. The summed E-state index contributed by atoms with van der Waals surface area (Å²) in [4.78, 5) is 9.29. The minimum absolute atomic E-state index is 0.195. The number of pyridine rings is 1. The van der Waals surface area contributed by atoms with Crippen molar-refractivity contribution in [1.82, 2.24) is 24.3 Å². The number of nitriles is 1. The van der Waals surface area contributed by atoms with E-state index < -0.39 is 0 Å². The van der Waals surface area contributed by atoms with E-state index in [-0.39, 0.29) is 5.92 Å². The van der Waals surface area contributed by atoms with E-state index in [9.17, 15) is 5.26 Å². The zero-order valence-electron chi connectivity index (χ0n) is 17.6. The number of benzene rings is 2. The number of halogens is 1. The number of nitrogens with zero attached hydrogens (tertiary/aromatic N) is 6. The summed E-state index contributed by atoms with van der Waals surface area (Å²) in [5.41, 5.74) is 6.09. The monoisotopic (exact) mass is 482 g/mol. The Morgan fingerprint density at radius 3 is 2.56 bits per heavy atom. The predicted molar refractivity (Wildman–Crippen MR) is 128 cm³/mol. The largest absolute Gasteiger partial charge is 0.305 e.